The molecule has 1 saturated heterocycles. The highest BCUT2D eigenvalue weighted by Gasteiger charge is 2.17. The number of anilines is 1. The summed E-state index contributed by atoms with van der Waals surface area (Å²) in [4.78, 5) is 9.42. The van der Waals surface area contributed by atoms with Crippen molar-refractivity contribution in [1.82, 2.24) is 9.88 Å². The normalized spacial score (nSPS) is 15.8. The van der Waals surface area contributed by atoms with Crippen LogP contribution >= 0.6 is 0 Å². The zero-order valence-electron chi connectivity index (χ0n) is 14.4. The molecule has 0 saturated carbocycles. The summed E-state index contributed by atoms with van der Waals surface area (Å²) in [5.41, 5.74) is 1.52. The van der Waals surface area contributed by atoms with Crippen molar-refractivity contribution in [2.24, 2.45) is 5.41 Å². The molecule has 1 N–H and O–H groups in total. The summed E-state index contributed by atoms with van der Waals surface area (Å²) in [6, 6.07) is 4.36. The van der Waals surface area contributed by atoms with E-state index in [0.29, 0.717) is 0 Å². The number of hydrogen-bond donors (Lipinski definition) is 1. The van der Waals surface area contributed by atoms with Crippen molar-refractivity contribution in [1.29, 1.82) is 0 Å². The molecule has 1 aromatic heterocycles. The fourth-order valence-corrected chi connectivity index (χ4v) is 3.08. The average molecular weight is 305 g/mol. The Bertz CT molecular complexity index is 433. The Hall–Kier alpha value is -1.13. The number of nitrogens with zero attached hydrogens (tertiary/aromatic N) is 3. The van der Waals surface area contributed by atoms with Crippen LogP contribution in [0.2, 0.25) is 0 Å². The minimum absolute atomic E-state index is 0.257. The van der Waals surface area contributed by atoms with E-state index in [-0.39, 0.29) is 12.0 Å². The van der Waals surface area contributed by atoms with Gasteiger partial charge in [0.1, 0.15) is 5.82 Å². The van der Waals surface area contributed by atoms with Crippen LogP contribution in [-0.2, 0) is 6.54 Å². The van der Waals surface area contributed by atoms with Crippen molar-refractivity contribution >= 4 is 5.82 Å². The summed E-state index contributed by atoms with van der Waals surface area (Å²) >= 11 is 0. The Kier molecular flexibility index (Phi) is 6.21. The van der Waals surface area contributed by atoms with Gasteiger partial charge in [-0.2, -0.15) is 0 Å². The fourth-order valence-electron chi connectivity index (χ4n) is 3.08. The van der Waals surface area contributed by atoms with Crippen LogP contribution in [0, 0.1) is 5.41 Å². The molecule has 0 aliphatic carbocycles. The lowest BCUT2D eigenvalue weighted by Gasteiger charge is -2.30. The summed E-state index contributed by atoms with van der Waals surface area (Å²) in [6.07, 6.45) is 5.41. The molecular weight excluding hydrogens is 274 g/mol. The van der Waals surface area contributed by atoms with Crippen molar-refractivity contribution < 1.29 is 5.11 Å². The molecule has 1 aromatic rings. The van der Waals surface area contributed by atoms with E-state index in [2.05, 4.69) is 47.7 Å². The lowest BCUT2D eigenvalue weighted by Crippen LogP contribution is -2.33. The van der Waals surface area contributed by atoms with Crippen molar-refractivity contribution in [2.75, 3.05) is 37.7 Å². The monoisotopic (exact) mass is 305 g/mol. The quantitative estimate of drug-likeness (QED) is 0.841. The lowest BCUT2D eigenvalue weighted by molar-refractivity contribution is 0.166. The molecule has 1 aliphatic heterocycles. The molecule has 0 atom stereocenters. The van der Waals surface area contributed by atoms with Gasteiger partial charge >= 0.3 is 0 Å². The number of aliphatic hydroxyl groups is 1. The van der Waals surface area contributed by atoms with Crippen LogP contribution in [0.15, 0.2) is 18.3 Å². The van der Waals surface area contributed by atoms with E-state index < -0.39 is 0 Å². The van der Waals surface area contributed by atoms with Crippen molar-refractivity contribution in [3.8, 4) is 0 Å². The van der Waals surface area contributed by atoms with Crippen LogP contribution in [-0.4, -0.2) is 47.8 Å². The highest BCUT2D eigenvalue weighted by atomic mass is 16.3. The number of aromatic nitrogens is 1. The van der Waals surface area contributed by atoms with Gasteiger partial charge in [-0.05, 0) is 36.3 Å². The van der Waals surface area contributed by atoms with E-state index in [1.54, 1.807) is 0 Å². The molecule has 0 unspecified atom stereocenters. The van der Waals surface area contributed by atoms with E-state index in [9.17, 15) is 0 Å². The topological polar surface area (TPSA) is 39.6 Å². The molecular formula is C18H31N3O. The molecule has 0 bridgehead atoms. The number of hydrogen-bond acceptors (Lipinski definition) is 4. The minimum Gasteiger partial charge on any atom is -0.396 e. The molecule has 124 valence electrons. The Morgan fingerprint density at radius 1 is 1.23 bits per heavy atom. The Morgan fingerprint density at radius 2 is 1.95 bits per heavy atom. The van der Waals surface area contributed by atoms with Crippen LogP contribution in [0.3, 0.4) is 0 Å². The van der Waals surface area contributed by atoms with Gasteiger partial charge in [0.05, 0.1) is 0 Å². The first-order valence-corrected chi connectivity index (χ1v) is 8.51. The first-order valence-electron chi connectivity index (χ1n) is 8.51. The molecule has 22 heavy (non-hydrogen) atoms. The minimum atomic E-state index is 0.257. The lowest BCUT2D eigenvalue weighted by atomic mass is 9.95. The first-order chi connectivity index (χ1) is 10.5. The predicted octanol–water partition coefficient (Wildman–Crippen LogP) is 2.91. The number of pyridine rings is 1. The third kappa shape index (κ3) is 5.58. The average Bonchev–Trinajstić information content (AvgIpc) is 2.98. The standard InChI is InChI=1S/C18H31N3O/c1-18(2,3)15-20(9-6-12-22)14-16-7-8-17(19-13-16)21-10-4-5-11-21/h7-8,13,22H,4-6,9-12,14-15H2,1-3H3. The summed E-state index contributed by atoms with van der Waals surface area (Å²) in [7, 11) is 0. The van der Waals surface area contributed by atoms with Gasteiger partial charge in [-0.25, -0.2) is 4.98 Å². The maximum absolute atomic E-state index is 9.09. The van der Waals surface area contributed by atoms with Gasteiger partial charge < -0.3 is 10.0 Å². The smallest absolute Gasteiger partial charge is 0.128 e. The SMILES string of the molecule is CC(C)(C)CN(CCCO)Cc1ccc(N2CCCC2)nc1. The first kappa shape index (κ1) is 17.2. The summed E-state index contributed by atoms with van der Waals surface area (Å²) in [5, 5.41) is 9.09. The molecule has 0 aromatic carbocycles. The van der Waals surface area contributed by atoms with E-state index in [0.717, 1.165) is 45.0 Å². The Labute approximate surface area is 135 Å². The number of aliphatic hydroxyl groups excluding tert-OH is 1. The van der Waals surface area contributed by atoms with Crippen LogP contribution in [0.1, 0.15) is 45.6 Å². The molecule has 1 aliphatic rings. The van der Waals surface area contributed by atoms with Crippen LogP contribution < -0.4 is 4.90 Å². The van der Waals surface area contributed by atoms with Crippen LogP contribution in [0.5, 0.6) is 0 Å². The van der Waals surface area contributed by atoms with Gasteiger partial charge in [0.2, 0.25) is 0 Å². The molecule has 4 nitrogen and oxygen atoms in total. The summed E-state index contributed by atoms with van der Waals surface area (Å²) < 4.78 is 0. The second-order valence-corrected chi connectivity index (χ2v) is 7.57. The van der Waals surface area contributed by atoms with E-state index in [1.807, 2.05) is 6.20 Å². The zero-order valence-corrected chi connectivity index (χ0v) is 14.4. The second kappa shape index (κ2) is 7.93. The maximum atomic E-state index is 9.09. The molecule has 1 fully saturated rings. The van der Waals surface area contributed by atoms with Gasteiger partial charge in [-0.15, -0.1) is 0 Å². The zero-order chi connectivity index (χ0) is 16.0. The van der Waals surface area contributed by atoms with Gasteiger partial charge in [0.25, 0.3) is 0 Å². The molecule has 0 amide bonds. The summed E-state index contributed by atoms with van der Waals surface area (Å²) in [6.45, 7) is 12.2. The molecule has 2 rings (SSSR count). The van der Waals surface area contributed by atoms with Gasteiger partial charge in [-0.3, -0.25) is 4.90 Å². The molecule has 4 heteroatoms. The summed E-state index contributed by atoms with van der Waals surface area (Å²) in [5.74, 6) is 1.11. The largest absolute Gasteiger partial charge is 0.396 e. The van der Waals surface area contributed by atoms with Crippen molar-refractivity contribution in [2.45, 2.75) is 46.6 Å². The van der Waals surface area contributed by atoms with Gasteiger partial charge in [-0.1, -0.05) is 26.8 Å². The predicted molar refractivity (Wildman–Crippen MR) is 92.1 cm³/mol. The Balaban J connectivity index is 1.95. The highest BCUT2D eigenvalue weighted by molar-refractivity contribution is 5.40. The Morgan fingerprint density at radius 3 is 2.50 bits per heavy atom. The van der Waals surface area contributed by atoms with Gasteiger partial charge in [0.15, 0.2) is 0 Å². The van der Waals surface area contributed by atoms with Crippen molar-refractivity contribution in [3.63, 3.8) is 0 Å². The van der Waals surface area contributed by atoms with E-state index in [1.165, 1.54) is 18.4 Å². The van der Waals surface area contributed by atoms with Gasteiger partial charge in [0, 0.05) is 45.5 Å². The third-order valence-electron chi connectivity index (χ3n) is 3.98. The van der Waals surface area contributed by atoms with Crippen LogP contribution in [0.25, 0.3) is 0 Å². The number of rotatable bonds is 7. The molecule has 0 spiro atoms. The molecule has 0 radical (unpaired) electrons. The second-order valence-electron chi connectivity index (χ2n) is 7.57. The molecule has 2 heterocycles. The maximum Gasteiger partial charge on any atom is 0.128 e. The highest BCUT2D eigenvalue weighted by Crippen LogP contribution is 2.20. The van der Waals surface area contributed by atoms with Crippen LogP contribution in [0.4, 0.5) is 5.82 Å². The third-order valence-corrected chi connectivity index (χ3v) is 3.98. The van der Waals surface area contributed by atoms with E-state index in [4.69, 9.17) is 5.11 Å². The fraction of sp³-hybridized carbons (Fsp3) is 0.722. The van der Waals surface area contributed by atoms with Crippen molar-refractivity contribution in [3.05, 3.63) is 23.9 Å². The van der Waals surface area contributed by atoms with E-state index >= 15 is 0 Å².